The van der Waals surface area contributed by atoms with Crippen molar-refractivity contribution in [1.29, 1.82) is 0 Å². The summed E-state index contributed by atoms with van der Waals surface area (Å²) >= 11 is 7.00. The monoisotopic (exact) mass is 419 g/mol. The minimum absolute atomic E-state index is 0. The number of para-hydroxylation sites is 2. The van der Waals surface area contributed by atoms with Gasteiger partial charge < -0.3 is 22.0 Å². The Morgan fingerprint density at radius 2 is 2.21 bits per heavy atom. The van der Waals surface area contributed by atoms with Crippen LogP contribution in [0.5, 0.6) is 0 Å². The number of aryl methyl sites for hydroxylation is 1. The van der Waals surface area contributed by atoms with Gasteiger partial charge in [-0.3, -0.25) is 0 Å². The van der Waals surface area contributed by atoms with E-state index in [1.54, 1.807) is 23.1 Å². The molecular weight excluding hydrogens is 410 g/mol. The van der Waals surface area contributed by atoms with Crippen molar-refractivity contribution >= 4 is 50.1 Å². The third kappa shape index (κ3) is 3.39. The molecule has 0 bridgehead atoms. The average Bonchev–Trinajstić information content (AvgIpc) is 2.89. The van der Waals surface area contributed by atoms with Crippen LogP contribution in [0.3, 0.4) is 0 Å². The maximum absolute atomic E-state index is 4.55. The summed E-state index contributed by atoms with van der Waals surface area (Å²) in [5.41, 5.74) is 3.32. The minimum Gasteiger partial charge on any atom is -1.00 e. The van der Waals surface area contributed by atoms with E-state index in [9.17, 15) is 0 Å². The van der Waals surface area contributed by atoms with E-state index in [4.69, 9.17) is 0 Å². The molecule has 1 aromatic carbocycles. The number of thiazole rings is 1. The molecule has 3 nitrogen and oxygen atoms in total. The van der Waals surface area contributed by atoms with Crippen molar-refractivity contribution in [3.05, 3.63) is 38.8 Å². The van der Waals surface area contributed by atoms with E-state index in [0.29, 0.717) is 0 Å². The van der Waals surface area contributed by atoms with Crippen molar-refractivity contribution in [3.63, 3.8) is 0 Å². The molecule has 0 saturated carbocycles. The predicted molar refractivity (Wildman–Crippen MR) is 79.0 cm³/mol. The van der Waals surface area contributed by atoms with Gasteiger partial charge in [0.1, 0.15) is 3.79 Å². The van der Waals surface area contributed by atoms with Crippen LogP contribution in [0.15, 0.2) is 33.2 Å². The smallest absolute Gasteiger partial charge is 0.233 e. The van der Waals surface area contributed by atoms with E-state index in [1.807, 2.05) is 24.3 Å². The van der Waals surface area contributed by atoms with Crippen molar-refractivity contribution < 1.29 is 22.0 Å². The molecule has 2 heterocycles. The lowest BCUT2D eigenvalue weighted by molar-refractivity contribution is -0.390. The Labute approximate surface area is 138 Å². The van der Waals surface area contributed by atoms with E-state index in [-0.39, 0.29) is 17.0 Å². The number of H-pyrrole nitrogens is 2. The molecule has 0 radical (unpaired) electrons. The quantitative estimate of drug-likeness (QED) is 0.637. The fourth-order valence-electron chi connectivity index (χ4n) is 1.71. The van der Waals surface area contributed by atoms with Gasteiger partial charge in [0.25, 0.3) is 0 Å². The molecule has 2 N–H and O–H groups in total. The number of benzene rings is 1. The van der Waals surface area contributed by atoms with Gasteiger partial charge in [0.2, 0.25) is 10.7 Å². The number of aromatic nitrogens is 3. The van der Waals surface area contributed by atoms with Gasteiger partial charge in [-0.1, -0.05) is 35.2 Å². The Morgan fingerprint density at radius 3 is 2.89 bits per heavy atom. The van der Waals surface area contributed by atoms with Gasteiger partial charge in [0.05, 0.1) is 16.8 Å². The number of imidazole rings is 1. The highest BCUT2D eigenvalue weighted by Crippen LogP contribution is 2.27. The average molecular weight is 421 g/mol. The second kappa shape index (κ2) is 6.39. The van der Waals surface area contributed by atoms with Crippen LogP contribution in [0.25, 0.3) is 11.0 Å². The maximum Gasteiger partial charge on any atom is 0.233 e. The third-order valence-electron chi connectivity index (χ3n) is 2.53. The van der Waals surface area contributed by atoms with Crippen LogP contribution in [-0.4, -0.2) is 9.97 Å². The highest BCUT2D eigenvalue weighted by Gasteiger charge is 2.14. The van der Waals surface area contributed by atoms with Crippen molar-refractivity contribution in [3.8, 4) is 0 Å². The summed E-state index contributed by atoms with van der Waals surface area (Å²) in [5.74, 6) is 0.880. The Hall–Kier alpha value is -0.370. The number of nitrogens with zero attached hydrogens (tertiary/aromatic N) is 1. The Kier molecular flexibility index (Phi) is 5.05. The van der Waals surface area contributed by atoms with Crippen LogP contribution in [0.2, 0.25) is 0 Å². The first-order valence-corrected chi connectivity index (χ1v) is 8.06. The number of rotatable bonds is 3. The zero-order valence-electron chi connectivity index (χ0n) is 10.0. The molecule has 0 aliphatic rings. The number of fused-ring (bicyclic) bond motifs is 1. The van der Waals surface area contributed by atoms with Gasteiger partial charge >= 0.3 is 0 Å². The lowest BCUT2D eigenvalue weighted by atomic mass is 10.3. The molecule has 0 saturated heterocycles. The number of aromatic amines is 2. The van der Waals surface area contributed by atoms with Crippen LogP contribution in [0.1, 0.15) is 10.7 Å². The van der Waals surface area contributed by atoms with Gasteiger partial charge in [-0.2, -0.15) is 0 Å². The molecule has 0 amide bonds. The molecule has 0 unspecified atom stereocenters. The van der Waals surface area contributed by atoms with Crippen LogP contribution in [0.4, 0.5) is 0 Å². The second-order valence-corrected chi connectivity index (χ2v) is 7.39. The summed E-state index contributed by atoms with van der Waals surface area (Å²) in [6.07, 6.45) is 0. The van der Waals surface area contributed by atoms with Gasteiger partial charge in [-0.15, -0.1) is 0 Å². The van der Waals surface area contributed by atoms with E-state index < -0.39 is 0 Å². The van der Waals surface area contributed by atoms with E-state index >= 15 is 0 Å². The molecule has 19 heavy (non-hydrogen) atoms. The molecule has 0 atom stereocenters. The fraction of sp³-hybridized carbons (Fsp3) is 0.167. The molecule has 3 rings (SSSR count). The third-order valence-corrected chi connectivity index (χ3v) is 5.23. The fourth-order valence-corrected chi connectivity index (χ4v) is 4.49. The lowest BCUT2D eigenvalue weighted by Gasteiger charge is -1.90. The van der Waals surface area contributed by atoms with E-state index in [0.717, 1.165) is 21.9 Å². The largest absolute Gasteiger partial charge is 1.00 e. The molecular formula is C12H11Br2N3S2. The minimum atomic E-state index is 0. The van der Waals surface area contributed by atoms with Crippen molar-refractivity contribution in [1.82, 2.24) is 9.97 Å². The van der Waals surface area contributed by atoms with Crippen LogP contribution < -0.4 is 22.0 Å². The zero-order valence-corrected chi connectivity index (χ0v) is 14.8. The maximum atomic E-state index is 4.55. The number of thioether (sulfide) groups is 1. The highest BCUT2D eigenvalue weighted by molar-refractivity contribution is 9.11. The first-order valence-electron chi connectivity index (χ1n) is 5.47. The van der Waals surface area contributed by atoms with Gasteiger partial charge in [-0.05, 0) is 28.1 Å². The van der Waals surface area contributed by atoms with Gasteiger partial charge in [-0.25, -0.2) is 9.97 Å². The number of halogens is 2. The van der Waals surface area contributed by atoms with Crippen LogP contribution in [-0.2, 0) is 5.75 Å². The number of hydrogen-bond donors (Lipinski definition) is 1. The summed E-state index contributed by atoms with van der Waals surface area (Å²) in [6.45, 7) is 2.07. The number of hydrogen-bond acceptors (Lipinski definition) is 3. The Bertz CT molecular complexity index is 660. The van der Waals surface area contributed by atoms with Gasteiger partial charge in [0.15, 0.2) is 5.16 Å². The Balaban J connectivity index is 0.00000133. The van der Waals surface area contributed by atoms with E-state index in [1.165, 1.54) is 14.5 Å². The van der Waals surface area contributed by atoms with Gasteiger partial charge in [0, 0.05) is 6.92 Å². The summed E-state index contributed by atoms with van der Waals surface area (Å²) < 4.78 is 1.17. The SMILES string of the molecule is Cc1[nH+]c(CSc2nc3ccccc3[nH]2)c(Br)s1.[Br-]. The molecule has 0 spiro atoms. The van der Waals surface area contributed by atoms with Crippen molar-refractivity contribution in [2.24, 2.45) is 0 Å². The Morgan fingerprint density at radius 1 is 1.42 bits per heavy atom. The highest BCUT2D eigenvalue weighted by atomic mass is 79.9. The molecule has 3 aromatic rings. The predicted octanol–water partition coefficient (Wildman–Crippen LogP) is 0.806. The van der Waals surface area contributed by atoms with Crippen molar-refractivity contribution in [2.75, 3.05) is 0 Å². The zero-order chi connectivity index (χ0) is 12.5. The summed E-state index contributed by atoms with van der Waals surface area (Å²) in [4.78, 5) is 11.2. The molecule has 100 valence electrons. The second-order valence-electron chi connectivity index (χ2n) is 3.88. The standard InChI is InChI=1S/C12H10BrN3S2.BrH/c1-7-14-10(11(13)18-7)6-17-12-15-8-4-2-3-5-9(8)16-12;/h2-5H,6H2,1H3,(H,15,16);1H. The summed E-state index contributed by atoms with van der Waals surface area (Å²) in [7, 11) is 0. The molecule has 7 heteroatoms. The molecule has 0 aliphatic carbocycles. The number of nitrogens with one attached hydrogen (secondary N) is 2. The first-order chi connectivity index (χ1) is 8.72. The summed E-state index contributed by atoms with van der Waals surface area (Å²) in [5, 5.41) is 2.17. The van der Waals surface area contributed by atoms with Crippen molar-refractivity contribution in [2.45, 2.75) is 17.8 Å². The van der Waals surface area contributed by atoms with Crippen LogP contribution in [0, 0.1) is 6.92 Å². The van der Waals surface area contributed by atoms with Crippen LogP contribution >= 0.6 is 39.0 Å². The lowest BCUT2D eigenvalue weighted by Crippen LogP contribution is -3.00. The summed E-state index contributed by atoms with van der Waals surface area (Å²) in [6, 6.07) is 8.08. The molecule has 0 aliphatic heterocycles. The topological polar surface area (TPSA) is 42.8 Å². The van der Waals surface area contributed by atoms with E-state index in [2.05, 4.69) is 37.8 Å². The normalized spacial score (nSPS) is 10.6. The molecule has 0 fully saturated rings. The molecule has 2 aromatic heterocycles. The first kappa shape index (κ1) is 15.0.